The van der Waals surface area contributed by atoms with Crippen molar-refractivity contribution < 1.29 is 9.53 Å². The van der Waals surface area contributed by atoms with Crippen LogP contribution in [-0.2, 0) is 9.53 Å². The van der Waals surface area contributed by atoms with Gasteiger partial charge < -0.3 is 4.74 Å². The summed E-state index contributed by atoms with van der Waals surface area (Å²) in [5.41, 5.74) is 2.32. The summed E-state index contributed by atoms with van der Waals surface area (Å²) >= 11 is 6.35. The number of ether oxygens (including phenoxy) is 1. The smallest absolute Gasteiger partial charge is 0.338 e. The molecule has 1 aliphatic rings. The van der Waals surface area contributed by atoms with Crippen molar-refractivity contribution in [2.45, 2.75) is 13.0 Å². The molecule has 0 bridgehead atoms. The summed E-state index contributed by atoms with van der Waals surface area (Å²) < 4.78 is 8.64. The van der Waals surface area contributed by atoms with Gasteiger partial charge in [0.2, 0.25) is 0 Å². The number of thiazole rings is 1. The topological polar surface area (TPSA) is 60.7 Å². The molecule has 0 spiro atoms. The molecule has 0 unspecified atom stereocenters. The van der Waals surface area contributed by atoms with E-state index in [2.05, 4.69) is 15.9 Å². The molecule has 0 fully saturated rings. The van der Waals surface area contributed by atoms with Gasteiger partial charge in [-0.25, -0.2) is 9.79 Å². The average Bonchev–Trinajstić information content (AvgIpc) is 3.41. The SMILES string of the molecule is CCOC(=O)C1=C(c2ccccc2)N=c2s/c(=C/c3ccc(Br)s3)c(=O)n2[C@H]1c1ccccc1. The average molecular weight is 551 g/mol. The Labute approximate surface area is 212 Å². The Bertz CT molecular complexity index is 1570. The molecule has 3 heterocycles. The number of fused-ring (bicyclic) bond motifs is 1. The van der Waals surface area contributed by atoms with E-state index in [1.54, 1.807) is 22.8 Å². The third-order valence-corrected chi connectivity index (χ3v) is 7.91. The molecule has 1 aliphatic heterocycles. The Morgan fingerprint density at radius 2 is 1.76 bits per heavy atom. The van der Waals surface area contributed by atoms with E-state index in [9.17, 15) is 9.59 Å². The van der Waals surface area contributed by atoms with Crippen LogP contribution in [0.4, 0.5) is 0 Å². The predicted octanol–water partition coefficient (Wildman–Crippen LogP) is 4.76. The molecule has 34 heavy (non-hydrogen) atoms. The fourth-order valence-electron chi connectivity index (χ4n) is 3.93. The number of halogens is 1. The number of esters is 1. The van der Waals surface area contributed by atoms with E-state index in [0.717, 1.165) is 19.8 Å². The van der Waals surface area contributed by atoms with Crippen LogP contribution in [0.3, 0.4) is 0 Å². The minimum atomic E-state index is -0.649. The Morgan fingerprint density at radius 1 is 1.06 bits per heavy atom. The fourth-order valence-corrected chi connectivity index (χ4v) is 6.36. The van der Waals surface area contributed by atoms with Crippen LogP contribution in [0.1, 0.15) is 29.0 Å². The Morgan fingerprint density at radius 3 is 2.41 bits per heavy atom. The highest BCUT2D eigenvalue weighted by atomic mass is 79.9. The lowest BCUT2D eigenvalue weighted by Gasteiger charge is -2.25. The number of benzene rings is 2. The van der Waals surface area contributed by atoms with Crippen LogP contribution >= 0.6 is 38.6 Å². The van der Waals surface area contributed by atoms with Crippen molar-refractivity contribution in [3.8, 4) is 0 Å². The summed E-state index contributed by atoms with van der Waals surface area (Å²) in [6.07, 6.45) is 1.87. The van der Waals surface area contributed by atoms with Crippen LogP contribution in [-0.4, -0.2) is 17.1 Å². The summed E-state index contributed by atoms with van der Waals surface area (Å²) in [6.45, 7) is 2.00. The van der Waals surface area contributed by atoms with E-state index in [1.807, 2.05) is 78.9 Å². The Hall–Kier alpha value is -3.07. The van der Waals surface area contributed by atoms with Gasteiger partial charge in [-0.1, -0.05) is 72.0 Å². The molecule has 0 saturated carbocycles. The largest absolute Gasteiger partial charge is 0.463 e. The highest BCUT2D eigenvalue weighted by molar-refractivity contribution is 9.11. The number of rotatable bonds is 5. The van der Waals surface area contributed by atoms with Crippen LogP contribution in [0.25, 0.3) is 11.8 Å². The predicted molar refractivity (Wildman–Crippen MR) is 140 cm³/mol. The van der Waals surface area contributed by atoms with Crippen molar-refractivity contribution in [2.75, 3.05) is 6.61 Å². The molecule has 8 heteroatoms. The number of carbonyl (C=O) groups is 1. The number of aromatic nitrogens is 1. The summed E-state index contributed by atoms with van der Waals surface area (Å²) in [7, 11) is 0. The van der Waals surface area contributed by atoms with Gasteiger partial charge in [0.25, 0.3) is 5.56 Å². The van der Waals surface area contributed by atoms with Crippen LogP contribution in [0, 0.1) is 0 Å². The minimum Gasteiger partial charge on any atom is -0.463 e. The van der Waals surface area contributed by atoms with Crippen LogP contribution < -0.4 is 14.9 Å². The van der Waals surface area contributed by atoms with Crippen molar-refractivity contribution in [1.29, 1.82) is 0 Å². The molecule has 0 saturated heterocycles. The highest BCUT2D eigenvalue weighted by Crippen LogP contribution is 2.35. The standard InChI is InChI=1S/C26H19BrN2O3S2/c1-2-32-25(31)21-22(16-9-5-3-6-10-16)28-26-29(23(21)17-11-7-4-8-12-17)24(30)19(34-26)15-18-13-14-20(27)33-18/h3-15,23H,2H2,1H3/b19-15+/t23-/m0/s1. The van der Waals surface area contributed by atoms with E-state index < -0.39 is 12.0 Å². The molecule has 0 radical (unpaired) electrons. The molecular formula is C26H19BrN2O3S2. The van der Waals surface area contributed by atoms with Crippen LogP contribution in [0.5, 0.6) is 0 Å². The minimum absolute atomic E-state index is 0.184. The number of nitrogens with zero attached hydrogens (tertiary/aromatic N) is 2. The zero-order valence-corrected chi connectivity index (χ0v) is 21.3. The second-order valence-corrected chi connectivity index (χ2v) is 11.0. The van der Waals surface area contributed by atoms with Crippen molar-refractivity contribution in [3.63, 3.8) is 0 Å². The summed E-state index contributed by atoms with van der Waals surface area (Å²) in [5.74, 6) is -0.476. The van der Waals surface area contributed by atoms with Crippen molar-refractivity contribution in [1.82, 2.24) is 4.57 Å². The summed E-state index contributed by atoms with van der Waals surface area (Å²) in [6, 6.07) is 22.4. The first kappa shape index (κ1) is 22.7. The molecule has 5 rings (SSSR count). The van der Waals surface area contributed by atoms with Gasteiger partial charge in [0.15, 0.2) is 4.80 Å². The molecule has 170 valence electrons. The van der Waals surface area contributed by atoms with Crippen molar-refractivity contribution in [3.05, 3.63) is 118 Å². The molecule has 0 amide bonds. The van der Waals surface area contributed by atoms with E-state index in [4.69, 9.17) is 9.73 Å². The first-order valence-corrected chi connectivity index (χ1v) is 13.1. The van der Waals surface area contributed by atoms with Gasteiger partial charge in [-0.05, 0) is 46.6 Å². The molecule has 5 nitrogen and oxygen atoms in total. The Kier molecular flexibility index (Phi) is 6.45. The first-order valence-electron chi connectivity index (χ1n) is 10.7. The lowest BCUT2D eigenvalue weighted by molar-refractivity contribution is -0.138. The highest BCUT2D eigenvalue weighted by Gasteiger charge is 2.35. The summed E-state index contributed by atoms with van der Waals surface area (Å²) in [4.78, 5) is 33.3. The molecule has 0 N–H and O–H groups in total. The van der Waals surface area contributed by atoms with E-state index in [1.165, 1.54) is 11.3 Å². The number of thiophene rings is 1. The third-order valence-electron chi connectivity index (χ3n) is 5.36. The van der Waals surface area contributed by atoms with Gasteiger partial charge in [-0.15, -0.1) is 11.3 Å². The molecule has 1 atom stereocenters. The quantitative estimate of drug-likeness (QED) is 0.336. The maximum absolute atomic E-state index is 13.7. The molecule has 4 aromatic rings. The second-order valence-electron chi connectivity index (χ2n) is 7.48. The lowest BCUT2D eigenvalue weighted by Crippen LogP contribution is -2.39. The van der Waals surface area contributed by atoms with Gasteiger partial charge in [0.1, 0.15) is 0 Å². The van der Waals surface area contributed by atoms with Crippen LogP contribution in [0.2, 0.25) is 0 Å². The number of hydrogen-bond donors (Lipinski definition) is 0. The Balaban J connectivity index is 1.83. The molecule has 0 aliphatic carbocycles. The van der Waals surface area contributed by atoms with Gasteiger partial charge in [-0.2, -0.15) is 0 Å². The second kappa shape index (κ2) is 9.66. The van der Waals surface area contributed by atoms with E-state index >= 15 is 0 Å². The number of carbonyl (C=O) groups excluding carboxylic acids is 1. The lowest BCUT2D eigenvalue weighted by atomic mass is 9.93. The zero-order chi connectivity index (χ0) is 23.7. The van der Waals surface area contributed by atoms with E-state index in [-0.39, 0.29) is 12.2 Å². The van der Waals surface area contributed by atoms with Gasteiger partial charge in [-0.3, -0.25) is 9.36 Å². The monoisotopic (exact) mass is 550 g/mol. The number of hydrogen-bond acceptors (Lipinski definition) is 6. The van der Waals surface area contributed by atoms with E-state index in [0.29, 0.717) is 20.6 Å². The first-order chi connectivity index (χ1) is 16.6. The summed E-state index contributed by atoms with van der Waals surface area (Å²) in [5, 5.41) is 0. The van der Waals surface area contributed by atoms with Crippen molar-refractivity contribution >= 4 is 56.3 Å². The molecule has 2 aromatic carbocycles. The van der Waals surface area contributed by atoms with Gasteiger partial charge in [0, 0.05) is 10.4 Å². The maximum Gasteiger partial charge on any atom is 0.338 e. The molecule has 2 aromatic heterocycles. The molecular weight excluding hydrogens is 532 g/mol. The van der Waals surface area contributed by atoms with Gasteiger partial charge >= 0.3 is 5.97 Å². The third kappa shape index (κ3) is 4.24. The fraction of sp³-hybridized carbons (Fsp3) is 0.115. The van der Waals surface area contributed by atoms with Crippen LogP contribution in [0.15, 0.2) is 91.9 Å². The normalized spacial score (nSPS) is 15.7. The maximum atomic E-state index is 13.7. The van der Waals surface area contributed by atoms with Crippen molar-refractivity contribution in [2.24, 2.45) is 4.99 Å². The zero-order valence-electron chi connectivity index (χ0n) is 18.1. The van der Waals surface area contributed by atoms with Gasteiger partial charge in [0.05, 0.1) is 32.2 Å².